The standard InChI is InChI=1S/C19H26N4O3/c1-24-17-10-15(9-16-12-21-14-22-13-16)11-18(25-2)19(17)26-8-7-23-5-3-20-4-6-23/h10-14,20H,3-9H2,1-2H3. The van der Waals surface area contributed by atoms with Crippen molar-refractivity contribution >= 4 is 0 Å². The fourth-order valence-electron chi connectivity index (χ4n) is 3.05. The lowest BCUT2D eigenvalue weighted by molar-refractivity contribution is 0.184. The average Bonchev–Trinajstić information content (AvgIpc) is 2.70. The molecule has 26 heavy (non-hydrogen) atoms. The molecule has 7 nitrogen and oxygen atoms in total. The molecule has 1 saturated heterocycles. The Hall–Kier alpha value is -2.38. The second kappa shape index (κ2) is 9.35. The fourth-order valence-corrected chi connectivity index (χ4v) is 3.05. The maximum absolute atomic E-state index is 6.02. The quantitative estimate of drug-likeness (QED) is 0.764. The van der Waals surface area contributed by atoms with Gasteiger partial charge in [0.1, 0.15) is 12.9 Å². The van der Waals surface area contributed by atoms with Crippen molar-refractivity contribution in [2.75, 3.05) is 53.6 Å². The van der Waals surface area contributed by atoms with Crippen molar-refractivity contribution < 1.29 is 14.2 Å². The van der Waals surface area contributed by atoms with Crippen LogP contribution in [0.2, 0.25) is 0 Å². The Bertz CT molecular complexity index is 665. The van der Waals surface area contributed by atoms with Crippen LogP contribution in [-0.4, -0.2) is 68.4 Å². The van der Waals surface area contributed by atoms with Gasteiger partial charge in [0, 0.05) is 51.5 Å². The van der Waals surface area contributed by atoms with Crippen LogP contribution in [0.15, 0.2) is 30.9 Å². The van der Waals surface area contributed by atoms with Gasteiger partial charge in [-0.1, -0.05) is 0 Å². The van der Waals surface area contributed by atoms with Crippen molar-refractivity contribution in [3.05, 3.63) is 42.0 Å². The molecule has 2 heterocycles. The van der Waals surface area contributed by atoms with Gasteiger partial charge >= 0.3 is 0 Å². The third-order valence-corrected chi connectivity index (χ3v) is 4.41. The van der Waals surface area contributed by atoms with Gasteiger partial charge in [0.15, 0.2) is 11.5 Å². The lowest BCUT2D eigenvalue weighted by Crippen LogP contribution is -2.44. The summed E-state index contributed by atoms with van der Waals surface area (Å²) in [6, 6.07) is 3.96. The van der Waals surface area contributed by atoms with Crippen LogP contribution in [0.1, 0.15) is 11.1 Å². The first kappa shape index (κ1) is 18.4. The van der Waals surface area contributed by atoms with Crippen LogP contribution >= 0.6 is 0 Å². The van der Waals surface area contributed by atoms with Gasteiger partial charge in [-0.25, -0.2) is 9.97 Å². The minimum Gasteiger partial charge on any atom is -0.493 e. The Morgan fingerprint density at radius 2 is 1.65 bits per heavy atom. The Kier molecular flexibility index (Phi) is 6.62. The third-order valence-electron chi connectivity index (χ3n) is 4.41. The number of benzene rings is 1. The van der Waals surface area contributed by atoms with Gasteiger partial charge in [-0.15, -0.1) is 0 Å². The highest BCUT2D eigenvalue weighted by Gasteiger charge is 2.16. The molecule has 3 rings (SSSR count). The number of nitrogens with zero attached hydrogens (tertiary/aromatic N) is 3. The summed E-state index contributed by atoms with van der Waals surface area (Å²) < 4.78 is 17.1. The topological polar surface area (TPSA) is 68.7 Å². The maximum Gasteiger partial charge on any atom is 0.203 e. The number of ether oxygens (including phenoxy) is 3. The van der Waals surface area contributed by atoms with Crippen molar-refractivity contribution in [1.29, 1.82) is 0 Å². The van der Waals surface area contributed by atoms with E-state index in [0.29, 0.717) is 30.3 Å². The zero-order chi connectivity index (χ0) is 18.2. The van der Waals surface area contributed by atoms with Crippen molar-refractivity contribution in [2.24, 2.45) is 0 Å². The number of hydrogen-bond donors (Lipinski definition) is 1. The van der Waals surface area contributed by atoms with Crippen LogP contribution < -0.4 is 19.5 Å². The van der Waals surface area contributed by atoms with E-state index in [1.807, 2.05) is 24.5 Å². The number of methoxy groups -OCH3 is 2. The molecule has 1 aromatic carbocycles. The van der Waals surface area contributed by atoms with E-state index in [0.717, 1.165) is 43.9 Å². The smallest absolute Gasteiger partial charge is 0.203 e. The van der Waals surface area contributed by atoms with Crippen LogP contribution in [-0.2, 0) is 6.42 Å². The van der Waals surface area contributed by atoms with E-state index in [4.69, 9.17) is 14.2 Å². The number of aromatic nitrogens is 2. The Morgan fingerprint density at radius 3 is 2.27 bits per heavy atom. The molecule has 1 N–H and O–H groups in total. The van der Waals surface area contributed by atoms with Crippen molar-refractivity contribution in [2.45, 2.75) is 6.42 Å². The Morgan fingerprint density at radius 1 is 1.00 bits per heavy atom. The van der Waals surface area contributed by atoms with Crippen LogP contribution in [0.5, 0.6) is 17.2 Å². The highest BCUT2D eigenvalue weighted by Crippen LogP contribution is 2.39. The molecule has 0 amide bonds. The highest BCUT2D eigenvalue weighted by molar-refractivity contribution is 5.54. The summed E-state index contributed by atoms with van der Waals surface area (Å²) in [4.78, 5) is 10.5. The van der Waals surface area contributed by atoms with Crippen molar-refractivity contribution in [3.8, 4) is 17.2 Å². The van der Waals surface area contributed by atoms with E-state index in [1.54, 1.807) is 14.2 Å². The molecule has 1 aromatic heterocycles. The summed E-state index contributed by atoms with van der Waals surface area (Å²) >= 11 is 0. The monoisotopic (exact) mass is 358 g/mol. The number of hydrogen-bond acceptors (Lipinski definition) is 7. The molecule has 0 bridgehead atoms. The van der Waals surface area contributed by atoms with Crippen LogP contribution in [0.25, 0.3) is 0 Å². The molecule has 0 radical (unpaired) electrons. The normalized spacial score (nSPS) is 14.8. The summed E-state index contributed by atoms with van der Waals surface area (Å²) in [6.07, 6.45) is 5.85. The first-order valence-corrected chi connectivity index (χ1v) is 8.85. The molecule has 1 fully saturated rings. The number of piperazine rings is 1. The zero-order valence-corrected chi connectivity index (χ0v) is 15.4. The van der Waals surface area contributed by atoms with Gasteiger partial charge in [-0.2, -0.15) is 0 Å². The zero-order valence-electron chi connectivity index (χ0n) is 15.4. The maximum atomic E-state index is 6.02. The number of nitrogens with one attached hydrogen (secondary N) is 1. The fraction of sp³-hybridized carbons (Fsp3) is 0.474. The molecule has 140 valence electrons. The van der Waals surface area contributed by atoms with Crippen LogP contribution in [0.4, 0.5) is 0 Å². The second-order valence-electron chi connectivity index (χ2n) is 6.19. The molecule has 1 aliphatic heterocycles. The molecule has 0 spiro atoms. The van der Waals surface area contributed by atoms with E-state index < -0.39 is 0 Å². The summed E-state index contributed by atoms with van der Waals surface area (Å²) in [5, 5.41) is 3.35. The lowest BCUT2D eigenvalue weighted by Gasteiger charge is -2.27. The predicted molar refractivity (Wildman–Crippen MR) is 99.2 cm³/mol. The molecule has 2 aromatic rings. The Balaban J connectivity index is 1.69. The molecule has 7 heteroatoms. The summed E-state index contributed by atoms with van der Waals surface area (Å²) in [7, 11) is 3.29. The van der Waals surface area contributed by atoms with Crippen molar-refractivity contribution in [3.63, 3.8) is 0 Å². The minimum atomic E-state index is 0.596. The van der Waals surface area contributed by atoms with E-state index in [9.17, 15) is 0 Å². The van der Waals surface area contributed by atoms with Gasteiger partial charge in [0.25, 0.3) is 0 Å². The summed E-state index contributed by atoms with van der Waals surface area (Å²) in [5.41, 5.74) is 2.09. The van der Waals surface area contributed by atoms with E-state index >= 15 is 0 Å². The second-order valence-corrected chi connectivity index (χ2v) is 6.19. The molecule has 0 saturated carbocycles. The first-order chi connectivity index (χ1) is 12.8. The minimum absolute atomic E-state index is 0.596. The first-order valence-electron chi connectivity index (χ1n) is 8.85. The van der Waals surface area contributed by atoms with E-state index in [-0.39, 0.29) is 0 Å². The van der Waals surface area contributed by atoms with Gasteiger partial charge < -0.3 is 19.5 Å². The molecule has 0 atom stereocenters. The lowest BCUT2D eigenvalue weighted by atomic mass is 10.1. The summed E-state index contributed by atoms with van der Waals surface area (Å²) in [5.74, 6) is 2.01. The van der Waals surface area contributed by atoms with Gasteiger partial charge in [0.05, 0.1) is 14.2 Å². The van der Waals surface area contributed by atoms with Gasteiger partial charge in [-0.05, 0) is 23.3 Å². The van der Waals surface area contributed by atoms with E-state index in [2.05, 4.69) is 20.2 Å². The van der Waals surface area contributed by atoms with E-state index in [1.165, 1.54) is 6.33 Å². The molecule has 0 aliphatic carbocycles. The summed E-state index contributed by atoms with van der Waals surface area (Å²) in [6.45, 7) is 5.65. The SMILES string of the molecule is COc1cc(Cc2cncnc2)cc(OC)c1OCCN1CCNCC1. The van der Waals surface area contributed by atoms with Crippen molar-refractivity contribution in [1.82, 2.24) is 20.2 Å². The molecule has 0 unspecified atom stereocenters. The van der Waals surface area contributed by atoms with Gasteiger partial charge in [-0.3, -0.25) is 4.90 Å². The molecule has 1 aliphatic rings. The average molecular weight is 358 g/mol. The van der Waals surface area contributed by atoms with Gasteiger partial charge in [0.2, 0.25) is 5.75 Å². The Labute approximate surface area is 154 Å². The third kappa shape index (κ3) is 4.83. The van der Waals surface area contributed by atoms with Crippen LogP contribution in [0, 0.1) is 0 Å². The molecular weight excluding hydrogens is 332 g/mol. The highest BCUT2D eigenvalue weighted by atomic mass is 16.5. The molecular formula is C19H26N4O3. The predicted octanol–water partition coefficient (Wildman–Crippen LogP) is 1.37. The number of rotatable bonds is 8. The van der Waals surface area contributed by atoms with Crippen LogP contribution in [0.3, 0.4) is 0 Å². The largest absolute Gasteiger partial charge is 0.493 e.